The first-order chi connectivity index (χ1) is 16.3. The van der Waals surface area contributed by atoms with Crippen LogP contribution in [-0.2, 0) is 4.79 Å². The highest BCUT2D eigenvalue weighted by Crippen LogP contribution is 2.58. The molecular weight excluding hydrogens is 593 g/mol. The molecule has 0 fully saturated rings. The summed E-state index contributed by atoms with van der Waals surface area (Å²) in [6.07, 6.45) is -12.7. The molecule has 36 heavy (non-hydrogen) atoms. The maximum absolute atomic E-state index is 16.3. The number of hydrogen-bond acceptors (Lipinski definition) is 3. The smallest absolute Gasteiger partial charge is 0.298 e. The minimum absolute atomic E-state index is 0.206. The van der Waals surface area contributed by atoms with Gasteiger partial charge < -0.3 is 0 Å². The van der Waals surface area contributed by atoms with Crippen LogP contribution in [0.1, 0.15) is 12.8 Å². The standard InChI is InChI=1S/C21H18Cl2F10OS2/c22-7-5-18(35,20(28,29)30)16(26)9-11(24)1-3-13(16)15(34)14-4-2-12(25)10-17(14,27)19(36,6-8-23)21(31,32)33/h1-4,9-10,13-14,35-36H,5-8H2. The van der Waals surface area contributed by atoms with Crippen molar-refractivity contribution in [1.29, 1.82) is 0 Å². The van der Waals surface area contributed by atoms with E-state index < -0.39 is 87.1 Å². The average Bonchev–Trinajstić information content (AvgIpc) is 2.71. The van der Waals surface area contributed by atoms with Gasteiger partial charge in [0.15, 0.2) is 17.1 Å². The summed E-state index contributed by atoms with van der Waals surface area (Å²) in [7, 11) is 0. The van der Waals surface area contributed by atoms with Crippen molar-refractivity contribution in [1.82, 2.24) is 0 Å². The van der Waals surface area contributed by atoms with Crippen LogP contribution in [0.3, 0.4) is 0 Å². The molecule has 0 heterocycles. The Morgan fingerprint density at radius 2 is 1.08 bits per heavy atom. The second kappa shape index (κ2) is 10.4. The second-order valence-corrected chi connectivity index (χ2v) is 10.5. The van der Waals surface area contributed by atoms with Crippen LogP contribution >= 0.6 is 48.5 Å². The lowest BCUT2D eigenvalue weighted by Gasteiger charge is -2.48. The fraction of sp³-hybridized carbons (Fsp3) is 0.571. The van der Waals surface area contributed by atoms with Crippen LogP contribution in [0, 0.1) is 11.8 Å². The predicted molar refractivity (Wildman–Crippen MR) is 123 cm³/mol. The van der Waals surface area contributed by atoms with Gasteiger partial charge in [0.1, 0.15) is 21.1 Å². The van der Waals surface area contributed by atoms with E-state index in [0.29, 0.717) is 24.3 Å². The van der Waals surface area contributed by atoms with Crippen molar-refractivity contribution in [3.8, 4) is 0 Å². The monoisotopic (exact) mass is 610 g/mol. The number of alkyl halides is 10. The summed E-state index contributed by atoms with van der Waals surface area (Å²) >= 11 is 17.5. The number of ketones is 1. The van der Waals surface area contributed by atoms with Crippen molar-refractivity contribution in [3.05, 3.63) is 48.1 Å². The maximum Gasteiger partial charge on any atom is 0.406 e. The Labute approximate surface area is 220 Å². The van der Waals surface area contributed by atoms with Gasteiger partial charge in [-0.1, -0.05) is 12.2 Å². The number of thiol groups is 2. The van der Waals surface area contributed by atoms with E-state index in [1.807, 2.05) is 0 Å². The fourth-order valence-corrected chi connectivity index (χ4v) is 5.72. The van der Waals surface area contributed by atoms with Crippen molar-refractivity contribution in [2.75, 3.05) is 11.8 Å². The van der Waals surface area contributed by atoms with Crippen LogP contribution < -0.4 is 0 Å². The van der Waals surface area contributed by atoms with E-state index in [2.05, 4.69) is 25.3 Å². The molecule has 0 aliphatic heterocycles. The van der Waals surface area contributed by atoms with Crippen molar-refractivity contribution < 1.29 is 48.7 Å². The van der Waals surface area contributed by atoms with Gasteiger partial charge in [0.25, 0.3) is 0 Å². The van der Waals surface area contributed by atoms with Crippen molar-refractivity contribution >= 4 is 54.2 Å². The fourth-order valence-electron chi connectivity index (χ4n) is 4.26. The van der Waals surface area contributed by atoms with E-state index in [0.717, 1.165) is 0 Å². The highest BCUT2D eigenvalue weighted by molar-refractivity contribution is 7.82. The Kier molecular flexibility index (Phi) is 9.09. The van der Waals surface area contributed by atoms with Gasteiger partial charge in [-0.2, -0.15) is 51.6 Å². The molecule has 0 aromatic carbocycles. The summed E-state index contributed by atoms with van der Waals surface area (Å²) in [5.41, 5.74) is -8.14. The van der Waals surface area contributed by atoms with Gasteiger partial charge in [0.2, 0.25) is 0 Å². The Bertz CT molecular complexity index is 918. The zero-order valence-electron chi connectivity index (χ0n) is 17.8. The Morgan fingerprint density at radius 3 is 1.33 bits per heavy atom. The Balaban J connectivity index is 2.76. The number of Topliss-reactive ketones (excluding diaryl/α,β-unsaturated/α-hetero) is 1. The number of rotatable bonds is 8. The molecule has 0 aromatic heterocycles. The van der Waals surface area contributed by atoms with Crippen molar-refractivity contribution in [2.24, 2.45) is 11.8 Å². The van der Waals surface area contributed by atoms with Crippen LogP contribution in [0.2, 0.25) is 0 Å². The van der Waals surface area contributed by atoms with Gasteiger partial charge in [-0.3, -0.25) is 4.79 Å². The largest absolute Gasteiger partial charge is 0.406 e. The van der Waals surface area contributed by atoms with Crippen LogP contribution in [0.15, 0.2) is 48.1 Å². The molecule has 2 aliphatic rings. The van der Waals surface area contributed by atoms with Gasteiger partial charge in [0, 0.05) is 11.8 Å². The van der Waals surface area contributed by atoms with E-state index >= 15 is 8.78 Å². The minimum atomic E-state index is -5.57. The van der Waals surface area contributed by atoms with Gasteiger partial charge in [0.05, 0.1) is 11.8 Å². The molecule has 0 aromatic rings. The van der Waals surface area contributed by atoms with Crippen molar-refractivity contribution in [3.63, 3.8) is 0 Å². The predicted octanol–water partition coefficient (Wildman–Crippen LogP) is 7.77. The average molecular weight is 611 g/mol. The molecular formula is C21H18Cl2F10OS2. The molecule has 204 valence electrons. The maximum atomic E-state index is 16.3. The number of hydrogen-bond donors (Lipinski definition) is 2. The molecule has 2 rings (SSSR count). The topological polar surface area (TPSA) is 17.1 Å². The third kappa shape index (κ3) is 4.98. The summed E-state index contributed by atoms with van der Waals surface area (Å²) in [6, 6.07) is 0. The molecule has 0 bridgehead atoms. The number of halogens is 12. The van der Waals surface area contributed by atoms with Crippen molar-refractivity contribution in [2.45, 2.75) is 46.0 Å². The first-order valence-electron chi connectivity index (χ1n) is 10.0. The molecule has 15 heteroatoms. The molecule has 2 aliphatic carbocycles. The molecule has 6 atom stereocenters. The Morgan fingerprint density at radius 1 is 0.778 bits per heavy atom. The third-order valence-corrected chi connectivity index (χ3v) is 8.25. The molecule has 0 N–H and O–H groups in total. The summed E-state index contributed by atoms with van der Waals surface area (Å²) in [5, 5.41) is 0. The second-order valence-electron chi connectivity index (χ2n) is 8.26. The van der Waals surface area contributed by atoms with Crippen LogP contribution in [-0.4, -0.2) is 50.7 Å². The van der Waals surface area contributed by atoms with E-state index in [4.69, 9.17) is 23.2 Å². The molecule has 6 unspecified atom stereocenters. The lowest BCUT2D eigenvalue weighted by atomic mass is 9.64. The van der Waals surface area contributed by atoms with E-state index in [1.54, 1.807) is 0 Å². The van der Waals surface area contributed by atoms with E-state index in [9.17, 15) is 39.9 Å². The molecule has 1 nitrogen and oxygen atoms in total. The zero-order valence-corrected chi connectivity index (χ0v) is 21.1. The summed E-state index contributed by atoms with van der Waals surface area (Å²) in [5.74, 6) is -12.2. The summed E-state index contributed by atoms with van der Waals surface area (Å²) < 4.78 is 137. The van der Waals surface area contributed by atoms with Gasteiger partial charge in [-0.15, -0.1) is 23.2 Å². The highest BCUT2D eigenvalue weighted by atomic mass is 35.5. The Hall–Kier alpha value is -0.790. The SMILES string of the molecule is O=C(C1C=CC(F)=CC1(F)C(S)(CCCl)C(F)(F)F)C1C=CC(F)=CC1(F)C(S)(CCCl)C(F)(F)F. The van der Waals surface area contributed by atoms with Crippen LogP contribution in [0.4, 0.5) is 43.9 Å². The lowest BCUT2D eigenvalue weighted by Crippen LogP contribution is -2.65. The van der Waals surface area contributed by atoms with Gasteiger partial charge >= 0.3 is 12.4 Å². The molecule has 0 spiro atoms. The normalized spacial score (nSPS) is 32.4. The van der Waals surface area contributed by atoms with E-state index in [1.165, 1.54) is 0 Å². The molecule has 0 amide bonds. The first-order valence-corrected chi connectivity index (χ1v) is 12.0. The van der Waals surface area contributed by atoms with Gasteiger partial charge in [-0.05, 0) is 37.1 Å². The number of carbonyl (C=O) groups is 1. The number of carbonyl (C=O) groups excluding carboxylic acids is 1. The molecule has 0 saturated carbocycles. The summed E-state index contributed by atoms with van der Waals surface area (Å²) in [4.78, 5) is 13.4. The van der Waals surface area contributed by atoms with Crippen LogP contribution in [0.5, 0.6) is 0 Å². The highest BCUT2D eigenvalue weighted by Gasteiger charge is 2.72. The van der Waals surface area contributed by atoms with Crippen LogP contribution in [0.25, 0.3) is 0 Å². The quantitative estimate of drug-likeness (QED) is 0.163. The molecule has 0 saturated heterocycles. The number of allylic oxidation sites excluding steroid dienone is 8. The summed E-state index contributed by atoms with van der Waals surface area (Å²) in [6.45, 7) is 0. The molecule has 0 radical (unpaired) electrons. The minimum Gasteiger partial charge on any atom is -0.298 e. The van der Waals surface area contributed by atoms with E-state index in [-0.39, 0.29) is 12.2 Å². The lowest BCUT2D eigenvalue weighted by molar-refractivity contribution is -0.195. The van der Waals surface area contributed by atoms with Gasteiger partial charge in [-0.25, -0.2) is 17.6 Å². The third-order valence-electron chi connectivity index (χ3n) is 6.23. The zero-order chi connectivity index (χ0) is 28.0. The first kappa shape index (κ1) is 31.4.